The molecule has 3 nitrogen and oxygen atoms in total. The van der Waals surface area contributed by atoms with Gasteiger partial charge in [0.25, 0.3) is 0 Å². The maximum atomic E-state index is 12.8. The van der Waals surface area contributed by atoms with Crippen LogP contribution in [-0.4, -0.2) is 27.0 Å². The summed E-state index contributed by atoms with van der Waals surface area (Å²) in [5.74, 6) is 0.709. The lowest BCUT2D eigenvalue weighted by Gasteiger charge is -2.35. The van der Waals surface area contributed by atoms with E-state index in [1.54, 1.807) is 11.3 Å². The first-order chi connectivity index (χ1) is 10.7. The molecule has 2 heterocycles. The van der Waals surface area contributed by atoms with Crippen molar-refractivity contribution in [1.29, 1.82) is 0 Å². The molecule has 22 heavy (non-hydrogen) atoms. The van der Waals surface area contributed by atoms with Gasteiger partial charge in [-0.2, -0.15) is 0 Å². The van der Waals surface area contributed by atoms with Gasteiger partial charge in [-0.05, 0) is 12.8 Å². The average molecular weight is 351 g/mol. The highest BCUT2D eigenvalue weighted by Crippen LogP contribution is 2.42. The van der Waals surface area contributed by atoms with Crippen molar-refractivity contribution in [3.8, 4) is 10.6 Å². The topological polar surface area (TPSA) is 42.0 Å². The standard InChI is InChI=1S/C16H18N2OS3/c1-17-15(20)16(9-5-6-10-22(16)19)13-11-18-14(21-13)12-7-3-2-4-8-12/h2-4,7-8,11H,5-6,9-10H2,1H3,(H,17,20)/t16-,22+/m1/s1. The molecule has 0 unspecified atom stereocenters. The Kier molecular flexibility index (Phi) is 4.70. The SMILES string of the molecule is CNC(=S)[C@]1(c2cnc(-c3ccccc3)s2)CCCC[S@@]1=O. The molecular formula is C16H18N2OS3. The fourth-order valence-electron chi connectivity index (χ4n) is 2.84. The Bertz CT molecular complexity index is 688. The fourth-order valence-corrected chi connectivity index (χ4v) is 6.61. The van der Waals surface area contributed by atoms with Crippen LogP contribution in [0.1, 0.15) is 24.1 Å². The Morgan fingerprint density at radius 1 is 1.36 bits per heavy atom. The van der Waals surface area contributed by atoms with Gasteiger partial charge in [0.05, 0.1) is 9.87 Å². The molecule has 2 atom stereocenters. The van der Waals surface area contributed by atoms with Gasteiger partial charge < -0.3 is 5.32 Å². The van der Waals surface area contributed by atoms with E-state index < -0.39 is 15.5 Å². The van der Waals surface area contributed by atoms with Crippen molar-refractivity contribution in [1.82, 2.24) is 10.3 Å². The van der Waals surface area contributed by atoms with Crippen molar-refractivity contribution in [3.05, 3.63) is 41.4 Å². The summed E-state index contributed by atoms with van der Waals surface area (Å²) in [6, 6.07) is 10.1. The molecule has 1 aliphatic rings. The largest absolute Gasteiger partial charge is 0.381 e. The number of aromatic nitrogens is 1. The third-order valence-corrected chi connectivity index (χ3v) is 8.10. The van der Waals surface area contributed by atoms with Gasteiger partial charge >= 0.3 is 0 Å². The molecule has 1 fully saturated rings. The van der Waals surface area contributed by atoms with E-state index in [0.717, 1.165) is 34.7 Å². The van der Waals surface area contributed by atoms with Crippen LogP contribution in [-0.2, 0) is 15.5 Å². The minimum atomic E-state index is -0.994. The van der Waals surface area contributed by atoms with Gasteiger partial charge in [0, 0.05) is 35.4 Å². The van der Waals surface area contributed by atoms with E-state index in [-0.39, 0.29) is 0 Å². The minimum Gasteiger partial charge on any atom is -0.381 e. The van der Waals surface area contributed by atoms with Crippen LogP contribution in [0.5, 0.6) is 0 Å². The van der Waals surface area contributed by atoms with E-state index in [1.807, 2.05) is 43.6 Å². The molecule has 1 aromatic heterocycles. The lowest BCUT2D eigenvalue weighted by molar-refractivity contribution is 0.579. The first-order valence-electron chi connectivity index (χ1n) is 7.31. The van der Waals surface area contributed by atoms with E-state index in [2.05, 4.69) is 10.3 Å². The third kappa shape index (κ3) is 2.64. The molecule has 1 N–H and O–H groups in total. The van der Waals surface area contributed by atoms with E-state index in [1.165, 1.54) is 0 Å². The molecule has 2 aromatic rings. The Labute approximate surface area is 142 Å². The lowest BCUT2D eigenvalue weighted by atomic mass is 9.99. The quantitative estimate of drug-likeness (QED) is 0.861. The minimum absolute atomic E-state index is 0.562. The predicted molar refractivity (Wildman–Crippen MR) is 97.7 cm³/mol. The van der Waals surface area contributed by atoms with E-state index in [9.17, 15) is 4.21 Å². The van der Waals surface area contributed by atoms with Gasteiger partial charge in [-0.3, -0.25) is 4.21 Å². The maximum Gasteiger partial charge on any atom is 0.131 e. The number of thiazole rings is 1. The first kappa shape index (κ1) is 15.8. The van der Waals surface area contributed by atoms with Crippen LogP contribution < -0.4 is 5.32 Å². The third-order valence-electron chi connectivity index (χ3n) is 4.02. The molecular weight excluding hydrogens is 332 g/mol. The van der Waals surface area contributed by atoms with Crippen LogP contribution in [0.15, 0.2) is 36.5 Å². The van der Waals surface area contributed by atoms with Crippen LogP contribution in [0, 0.1) is 0 Å². The Morgan fingerprint density at radius 2 is 2.14 bits per heavy atom. The van der Waals surface area contributed by atoms with E-state index >= 15 is 0 Å². The Hall–Kier alpha value is -1.11. The summed E-state index contributed by atoms with van der Waals surface area (Å²) >= 11 is 7.15. The zero-order valence-corrected chi connectivity index (χ0v) is 14.8. The predicted octanol–water partition coefficient (Wildman–Crippen LogP) is 3.48. The maximum absolute atomic E-state index is 12.8. The van der Waals surface area contributed by atoms with E-state index in [0.29, 0.717) is 10.7 Å². The molecule has 0 aliphatic carbocycles. The highest BCUT2D eigenvalue weighted by molar-refractivity contribution is 7.90. The number of nitrogens with one attached hydrogen (secondary N) is 1. The van der Waals surface area contributed by atoms with Crippen LogP contribution >= 0.6 is 23.6 Å². The molecule has 116 valence electrons. The molecule has 3 rings (SSSR count). The van der Waals surface area contributed by atoms with Crippen molar-refractivity contribution in [3.63, 3.8) is 0 Å². The van der Waals surface area contributed by atoms with Gasteiger partial charge in [-0.15, -0.1) is 11.3 Å². The van der Waals surface area contributed by atoms with Crippen molar-refractivity contribution >= 4 is 39.3 Å². The average Bonchev–Trinajstić information content (AvgIpc) is 3.06. The molecule has 0 radical (unpaired) electrons. The van der Waals surface area contributed by atoms with Crippen LogP contribution in [0.2, 0.25) is 0 Å². The van der Waals surface area contributed by atoms with Crippen LogP contribution in [0.25, 0.3) is 10.6 Å². The summed E-state index contributed by atoms with van der Waals surface area (Å²) in [5, 5.41) is 4.03. The summed E-state index contributed by atoms with van der Waals surface area (Å²) in [6.45, 7) is 0. The number of thiocarbonyl (C=S) groups is 1. The van der Waals surface area contributed by atoms with Gasteiger partial charge in [-0.1, -0.05) is 49.0 Å². The Morgan fingerprint density at radius 3 is 2.82 bits per heavy atom. The summed E-state index contributed by atoms with van der Waals surface area (Å²) in [6.07, 6.45) is 4.74. The van der Waals surface area contributed by atoms with Gasteiger partial charge in [0.15, 0.2) is 0 Å². The van der Waals surface area contributed by atoms with Crippen molar-refractivity contribution in [2.75, 3.05) is 12.8 Å². The van der Waals surface area contributed by atoms with Crippen LogP contribution in [0.3, 0.4) is 0 Å². The number of benzene rings is 1. The number of hydrogen-bond donors (Lipinski definition) is 1. The molecule has 0 bridgehead atoms. The monoisotopic (exact) mass is 350 g/mol. The fraction of sp³-hybridized carbons (Fsp3) is 0.375. The summed E-state index contributed by atoms with van der Waals surface area (Å²) in [5.41, 5.74) is 1.09. The zero-order valence-electron chi connectivity index (χ0n) is 12.4. The highest BCUT2D eigenvalue weighted by atomic mass is 32.2. The lowest BCUT2D eigenvalue weighted by Crippen LogP contribution is -2.47. The van der Waals surface area contributed by atoms with Gasteiger partial charge in [-0.25, -0.2) is 4.98 Å². The molecule has 1 saturated heterocycles. The second kappa shape index (κ2) is 6.56. The highest BCUT2D eigenvalue weighted by Gasteiger charge is 2.45. The molecule has 0 spiro atoms. The van der Waals surface area contributed by atoms with E-state index in [4.69, 9.17) is 12.2 Å². The Balaban J connectivity index is 2.05. The number of likely N-dealkylation sites (N-methyl/N-ethyl adjacent to an activating group) is 1. The summed E-state index contributed by atoms with van der Waals surface area (Å²) in [7, 11) is 0.821. The summed E-state index contributed by atoms with van der Waals surface area (Å²) in [4.78, 5) is 6.25. The number of nitrogens with zero attached hydrogens (tertiary/aromatic N) is 1. The normalized spacial score (nSPS) is 24.9. The molecule has 1 aliphatic heterocycles. The second-order valence-corrected chi connectivity index (χ2v) is 8.54. The summed E-state index contributed by atoms with van der Waals surface area (Å²) < 4.78 is 12.3. The molecule has 6 heteroatoms. The first-order valence-corrected chi connectivity index (χ1v) is 9.85. The number of hydrogen-bond acceptors (Lipinski definition) is 4. The van der Waals surface area contributed by atoms with Gasteiger partial charge in [0.2, 0.25) is 0 Å². The van der Waals surface area contributed by atoms with Gasteiger partial charge in [0.1, 0.15) is 9.75 Å². The van der Waals surface area contributed by atoms with Crippen molar-refractivity contribution < 1.29 is 4.21 Å². The van der Waals surface area contributed by atoms with Crippen molar-refractivity contribution in [2.45, 2.75) is 24.0 Å². The molecule has 0 amide bonds. The number of rotatable bonds is 3. The molecule has 1 aromatic carbocycles. The second-order valence-electron chi connectivity index (χ2n) is 5.31. The van der Waals surface area contributed by atoms with Crippen LogP contribution in [0.4, 0.5) is 0 Å². The molecule has 0 saturated carbocycles. The zero-order chi connectivity index (χ0) is 15.6. The van der Waals surface area contributed by atoms with Crippen molar-refractivity contribution in [2.24, 2.45) is 0 Å². The smallest absolute Gasteiger partial charge is 0.131 e.